The topological polar surface area (TPSA) is 58.9 Å². The molecule has 0 saturated carbocycles. The van der Waals surface area contributed by atoms with Gasteiger partial charge in [0.05, 0.1) is 11.8 Å². The van der Waals surface area contributed by atoms with Gasteiger partial charge in [-0.15, -0.1) is 0 Å². The van der Waals surface area contributed by atoms with Crippen LogP contribution >= 0.6 is 11.3 Å². The summed E-state index contributed by atoms with van der Waals surface area (Å²) in [5, 5.41) is 18.6. The molecule has 0 spiro atoms. The van der Waals surface area contributed by atoms with Gasteiger partial charge in [-0.2, -0.15) is 11.3 Å². The first kappa shape index (κ1) is 19.2. The van der Waals surface area contributed by atoms with Crippen molar-refractivity contribution in [3.05, 3.63) is 106 Å². The van der Waals surface area contributed by atoms with Gasteiger partial charge in [0.1, 0.15) is 12.4 Å². The maximum Gasteiger partial charge on any atom is 0.169 e. The monoisotopic (exact) mass is 403 g/mol. The Labute approximate surface area is 173 Å². The van der Waals surface area contributed by atoms with Crippen molar-refractivity contribution in [1.82, 2.24) is 0 Å². The summed E-state index contributed by atoms with van der Waals surface area (Å²) >= 11 is 1.59. The van der Waals surface area contributed by atoms with Crippen molar-refractivity contribution in [2.24, 2.45) is 5.16 Å². The van der Waals surface area contributed by atoms with E-state index in [9.17, 15) is 9.90 Å². The van der Waals surface area contributed by atoms with Crippen LogP contribution in [0.15, 0.2) is 94.0 Å². The Morgan fingerprint density at radius 2 is 1.66 bits per heavy atom. The fourth-order valence-corrected chi connectivity index (χ4v) is 4.44. The first-order valence-electron chi connectivity index (χ1n) is 9.42. The zero-order chi connectivity index (χ0) is 20.1. The predicted molar refractivity (Wildman–Crippen MR) is 115 cm³/mol. The Morgan fingerprint density at radius 1 is 1.00 bits per heavy atom. The number of rotatable bonds is 6. The molecule has 0 bridgehead atoms. The van der Waals surface area contributed by atoms with Gasteiger partial charge in [-0.3, -0.25) is 4.79 Å². The first-order valence-corrected chi connectivity index (χ1v) is 10.4. The third-order valence-corrected chi connectivity index (χ3v) is 6.00. The van der Waals surface area contributed by atoms with Crippen molar-refractivity contribution in [2.45, 2.75) is 24.9 Å². The summed E-state index contributed by atoms with van der Waals surface area (Å²) in [6, 6.07) is 21.7. The number of Topliss-reactive ketones (excluding diaryl/α,β-unsaturated/α-hetero) is 1. The van der Waals surface area contributed by atoms with E-state index < -0.39 is 5.41 Å². The largest absolute Gasteiger partial charge is 0.511 e. The maximum absolute atomic E-state index is 13.0. The van der Waals surface area contributed by atoms with Crippen LogP contribution in [0, 0.1) is 0 Å². The zero-order valence-corrected chi connectivity index (χ0v) is 16.6. The number of ketones is 1. The van der Waals surface area contributed by atoms with E-state index in [1.807, 2.05) is 77.5 Å². The second-order valence-electron chi connectivity index (χ2n) is 7.09. The molecule has 1 aromatic heterocycles. The number of allylic oxidation sites excluding steroid dienone is 2. The summed E-state index contributed by atoms with van der Waals surface area (Å²) in [7, 11) is 0. The van der Waals surface area contributed by atoms with Crippen LogP contribution in [0.25, 0.3) is 0 Å². The maximum atomic E-state index is 13.0. The van der Waals surface area contributed by atoms with Crippen molar-refractivity contribution in [3.63, 3.8) is 0 Å². The number of hydrogen-bond acceptors (Lipinski definition) is 5. The van der Waals surface area contributed by atoms with Crippen molar-refractivity contribution in [2.75, 3.05) is 0 Å². The van der Waals surface area contributed by atoms with Crippen LogP contribution in [0.3, 0.4) is 0 Å². The minimum absolute atomic E-state index is 0.0387. The molecular formula is C24H21NO3S. The van der Waals surface area contributed by atoms with E-state index >= 15 is 0 Å². The Kier molecular flexibility index (Phi) is 5.58. The highest BCUT2D eigenvalue weighted by Gasteiger charge is 2.42. The van der Waals surface area contributed by atoms with Gasteiger partial charge in [0, 0.05) is 23.8 Å². The van der Waals surface area contributed by atoms with Crippen molar-refractivity contribution < 1.29 is 14.7 Å². The lowest BCUT2D eigenvalue weighted by atomic mass is 9.65. The molecule has 0 atom stereocenters. The summed E-state index contributed by atoms with van der Waals surface area (Å²) in [6.45, 7) is 0.334. The minimum atomic E-state index is -0.599. The second-order valence-corrected chi connectivity index (χ2v) is 7.87. The number of nitrogens with zero attached hydrogens (tertiary/aromatic N) is 1. The molecule has 1 aliphatic carbocycles. The van der Waals surface area contributed by atoms with E-state index in [-0.39, 0.29) is 23.5 Å². The predicted octanol–water partition coefficient (Wildman–Crippen LogP) is 5.41. The molecule has 1 aliphatic rings. The molecule has 4 rings (SSSR count). The van der Waals surface area contributed by atoms with Crippen LogP contribution in [0.2, 0.25) is 0 Å². The second kappa shape index (κ2) is 8.45. The summed E-state index contributed by atoms with van der Waals surface area (Å²) in [5.41, 5.74) is 2.66. The Balaban J connectivity index is 1.63. The lowest BCUT2D eigenvalue weighted by Gasteiger charge is -2.37. The molecule has 2 aromatic carbocycles. The molecule has 0 fully saturated rings. The average molecular weight is 404 g/mol. The normalized spacial score (nSPS) is 16.3. The fraction of sp³-hybridized carbons (Fsp3) is 0.167. The smallest absolute Gasteiger partial charge is 0.169 e. The van der Waals surface area contributed by atoms with E-state index in [4.69, 9.17) is 4.84 Å². The van der Waals surface area contributed by atoms with Gasteiger partial charge >= 0.3 is 0 Å². The molecule has 5 heteroatoms. The number of oxime groups is 1. The molecule has 0 saturated heterocycles. The van der Waals surface area contributed by atoms with Crippen LogP contribution in [-0.2, 0) is 21.7 Å². The molecule has 0 radical (unpaired) electrons. The summed E-state index contributed by atoms with van der Waals surface area (Å²) in [4.78, 5) is 18.3. The highest BCUT2D eigenvalue weighted by Crippen LogP contribution is 2.44. The number of aliphatic hydroxyl groups excluding tert-OH is 1. The molecule has 1 N–H and O–H groups in total. The van der Waals surface area contributed by atoms with Gasteiger partial charge in [0.15, 0.2) is 5.78 Å². The fourth-order valence-electron chi connectivity index (χ4n) is 3.79. The summed E-state index contributed by atoms with van der Waals surface area (Å²) < 4.78 is 0. The van der Waals surface area contributed by atoms with E-state index in [1.165, 1.54) is 6.21 Å². The van der Waals surface area contributed by atoms with Gasteiger partial charge < -0.3 is 9.94 Å². The summed E-state index contributed by atoms with van der Waals surface area (Å²) in [6.07, 6.45) is 1.93. The SMILES string of the molecule is O=C1CC(c2ccccc2)(c2ccccc2)CC(O)=C1/C=N/OCc1ccsc1. The highest BCUT2D eigenvalue weighted by atomic mass is 32.1. The Bertz CT molecular complexity index is 985. The number of aliphatic hydroxyl groups is 1. The quantitative estimate of drug-likeness (QED) is 0.442. The van der Waals surface area contributed by atoms with Crippen LogP contribution < -0.4 is 0 Å². The molecule has 4 nitrogen and oxygen atoms in total. The number of carbonyl (C=O) groups excluding carboxylic acids is 1. The van der Waals surface area contributed by atoms with Crippen molar-refractivity contribution in [1.29, 1.82) is 0 Å². The molecule has 1 heterocycles. The Hall–Kier alpha value is -3.18. The highest BCUT2D eigenvalue weighted by molar-refractivity contribution is 7.07. The Morgan fingerprint density at radius 3 is 2.21 bits per heavy atom. The molecule has 0 unspecified atom stereocenters. The molecule has 0 amide bonds. The number of carbonyl (C=O) groups is 1. The van der Waals surface area contributed by atoms with Crippen molar-refractivity contribution >= 4 is 23.3 Å². The lowest BCUT2D eigenvalue weighted by Crippen LogP contribution is -2.36. The number of hydrogen-bond donors (Lipinski definition) is 1. The average Bonchev–Trinajstić information content (AvgIpc) is 3.27. The van der Waals surface area contributed by atoms with E-state index in [0.717, 1.165) is 16.7 Å². The lowest BCUT2D eigenvalue weighted by molar-refractivity contribution is -0.116. The zero-order valence-electron chi connectivity index (χ0n) is 15.8. The van der Waals surface area contributed by atoms with Gasteiger partial charge in [0.2, 0.25) is 0 Å². The van der Waals surface area contributed by atoms with Crippen molar-refractivity contribution in [3.8, 4) is 0 Å². The van der Waals surface area contributed by atoms with Gasteiger partial charge in [0.25, 0.3) is 0 Å². The molecule has 29 heavy (non-hydrogen) atoms. The minimum Gasteiger partial charge on any atom is -0.511 e. The third-order valence-electron chi connectivity index (χ3n) is 5.26. The van der Waals surface area contributed by atoms with Crippen LogP contribution in [0.4, 0.5) is 0 Å². The third kappa shape index (κ3) is 4.00. The van der Waals surface area contributed by atoms with Gasteiger partial charge in [-0.1, -0.05) is 65.8 Å². The number of benzene rings is 2. The number of thiophene rings is 1. The van der Waals surface area contributed by atoms with E-state index in [2.05, 4.69) is 5.16 Å². The van der Waals surface area contributed by atoms with Gasteiger partial charge in [-0.05, 0) is 28.0 Å². The van der Waals surface area contributed by atoms with Crippen LogP contribution in [0.1, 0.15) is 29.5 Å². The van der Waals surface area contributed by atoms with Crippen LogP contribution in [0.5, 0.6) is 0 Å². The molecule has 146 valence electrons. The molecule has 3 aromatic rings. The van der Waals surface area contributed by atoms with Gasteiger partial charge in [-0.25, -0.2) is 0 Å². The first-order chi connectivity index (χ1) is 14.2. The van der Waals surface area contributed by atoms with E-state index in [0.29, 0.717) is 13.0 Å². The van der Waals surface area contributed by atoms with Crippen LogP contribution in [-0.4, -0.2) is 17.1 Å². The standard InChI is InChI=1S/C24H21NO3S/c26-22-13-24(19-7-3-1-4-8-19,20-9-5-2-6-10-20)14-23(27)21(22)15-25-28-16-18-11-12-29-17-18/h1-12,15,17,26H,13-14,16H2/b25-15+. The van der Waals surface area contributed by atoms with E-state index in [1.54, 1.807) is 11.3 Å². The molecular weight excluding hydrogens is 382 g/mol. The summed E-state index contributed by atoms with van der Waals surface area (Å²) in [5.74, 6) is -0.110. The molecule has 0 aliphatic heterocycles.